The Balaban J connectivity index is 2.16. The lowest BCUT2D eigenvalue weighted by atomic mass is 9.96. The smallest absolute Gasteiger partial charge is 0.272 e. The summed E-state index contributed by atoms with van der Waals surface area (Å²) in [4.78, 5) is 20.5. The van der Waals surface area contributed by atoms with Gasteiger partial charge in [0, 0.05) is 38.1 Å². The summed E-state index contributed by atoms with van der Waals surface area (Å²) in [5, 5.41) is 10.0. The normalized spacial score (nSPS) is 22.2. The Kier molecular flexibility index (Phi) is 5.17. The van der Waals surface area contributed by atoms with Crippen LogP contribution in [0.25, 0.3) is 0 Å². The fourth-order valence-corrected chi connectivity index (χ4v) is 2.69. The third-order valence-corrected chi connectivity index (χ3v) is 4.30. The Labute approximate surface area is 126 Å². The summed E-state index contributed by atoms with van der Waals surface area (Å²) in [7, 11) is 0. The highest BCUT2D eigenvalue weighted by Crippen LogP contribution is 2.23. The number of hydrogen-bond donors (Lipinski definition) is 1. The zero-order valence-electron chi connectivity index (χ0n) is 13.1. The Morgan fingerprint density at radius 1 is 1.48 bits per heavy atom. The van der Waals surface area contributed by atoms with Crippen LogP contribution in [0, 0.1) is 5.92 Å². The van der Waals surface area contributed by atoms with Crippen molar-refractivity contribution in [2.24, 2.45) is 5.92 Å². The van der Waals surface area contributed by atoms with E-state index >= 15 is 0 Å². The van der Waals surface area contributed by atoms with Crippen LogP contribution in [0.4, 0.5) is 5.69 Å². The number of aromatic nitrogens is 1. The van der Waals surface area contributed by atoms with Gasteiger partial charge >= 0.3 is 0 Å². The van der Waals surface area contributed by atoms with E-state index in [1.54, 1.807) is 11.1 Å². The maximum absolute atomic E-state index is 12.4. The molecule has 5 heteroatoms. The molecule has 116 valence electrons. The average Bonchev–Trinajstić information content (AvgIpc) is 2.51. The van der Waals surface area contributed by atoms with Crippen LogP contribution in [0.2, 0.25) is 0 Å². The number of aliphatic hydroxyl groups excluding tert-OH is 1. The number of nitrogens with zero attached hydrogens (tertiary/aromatic N) is 3. The Bertz CT molecular complexity index is 488. The molecule has 1 aliphatic heterocycles. The largest absolute Gasteiger partial charge is 0.391 e. The van der Waals surface area contributed by atoms with E-state index in [9.17, 15) is 9.90 Å². The number of carbonyl (C=O) groups is 1. The van der Waals surface area contributed by atoms with Gasteiger partial charge in [-0.1, -0.05) is 6.92 Å². The van der Waals surface area contributed by atoms with Gasteiger partial charge in [0.05, 0.1) is 6.10 Å². The molecule has 0 bridgehead atoms. The molecular weight excluding hydrogens is 266 g/mol. The molecule has 1 fully saturated rings. The molecule has 1 aromatic rings. The van der Waals surface area contributed by atoms with Crippen molar-refractivity contribution >= 4 is 11.6 Å². The van der Waals surface area contributed by atoms with E-state index in [-0.39, 0.29) is 12.0 Å². The van der Waals surface area contributed by atoms with Gasteiger partial charge in [0.2, 0.25) is 0 Å². The lowest BCUT2D eigenvalue weighted by molar-refractivity contribution is 0.0767. The van der Waals surface area contributed by atoms with Crippen molar-refractivity contribution in [3.8, 4) is 0 Å². The Morgan fingerprint density at radius 3 is 2.81 bits per heavy atom. The molecule has 1 N–H and O–H groups in total. The van der Waals surface area contributed by atoms with E-state index in [0.29, 0.717) is 31.2 Å². The van der Waals surface area contributed by atoms with Crippen molar-refractivity contribution in [3.63, 3.8) is 0 Å². The summed E-state index contributed by atoms with van der Waals surface area (Å²) < 4.78 is 0. The molecule has 1 saturated heterocycles. The molecule has 0 aromatic carbocycles. The molecule has 21 heavy (non-hydrogen) atoms. The first-order valence-electron chi connectivity index (χ1n) is 7.75. The molecule has 2 unspecified atom stereocenters. The Hall–Kier alpha value is -1.62. The quantitative estimate of drug-likeness (QED) is 0.918. The predicted molar refractivity (Wildman–Crippen MR) is 83.5 cm³/mol. The summed E-state index contributed by atoms with van der Waals surface area (Å²) in [6.07, 6.45) is 2.33. The fourth-order valence-electron chi connectivity index (χ4n) is 2.69. The standard InChI is InChI=1S/C16H25N3O2/c1-4-18(5-2)16(21)14-10-13(6-8-17-14)19-9-7-12(3)15(20)11-19/h6,8,10,12,15,20H,4-5,7,9,11H2,1-3H3. The van der Waals surface area contributed by atoms with Crippen molar-refractivity contribution < 1.29 is 9.90 Å². The first-order valence-corrected chi connectivity index (χ1v) is 7.75. The first-order chi connectivity index (χ1) is 10.1. The van der Waals surface area contributed by atoms with E-state index in [1.165, 1.54) is 0 Å². The van der Waals surface area contributed by atoms with Gasteiger partial charge in [0.15, 0.2) is 0 Å². The zero-order chi connectivity index (χ0) is 15.4. The van der Waals surface area contributed by atoms with Crippen LogP contribution < -0.4 is 4.90 Å². The second-order valence-corrected chi connectivity index (χ2v) is 5.66. The SMILES string of the molecule is CCN(CC)C(=O)c1cc(N2CCC(C)C(O)C2)ccn1. The average molecular weight is 291 g/mol. The maximum atomic E-state index is 12.4. The summed E-state index contributed by atoms with van der Waals surface area (Å²) in [6.45, 7) is 8.89. The van der Waals surface area contributed by atoms with Crippen LogP contribution in [0.3, 0.4) is 0 Å². The van der Waals surface area contributed by atoms with E-state index in [4.69, 9.17) is 0 Å². The van der Waals surface area contributed by atoms with E-state index in [1.807, 2.05) is 26.0 Å². The predicted octanol–water partition coefficient (Wildman–Crippen LogP) is 1.77. The van der Waals surface area contributed by atoms with Gasteiger partial charge in [-0.25, -0.2) is 0 Å². The van der Waals surface area contributed by atoms with Crippen molar-refractivity contribution in [1.29, 1.82) is 0 Å². The van der Waals surface area contributed by atoms with Gasteiger partial charge in [-0.15, -0.1) is 0 Å². The number of rotatable bonds is 4. The number of piperidine rings is 1. The summed E-state index contributed by atoms with van der Waals surface area (Å²) in [5.74, 6) is 0.299. The lowest BCUT2D eigenvalue weighted by Gasteiger charge is -2.35. The molecular formula is C16H25N3O2. The van der Waals surface area contributed by atoms with Gasteiger partial charge in [-0.05, 0) is 38.3 Å². The molecule has 0 spiro atoms. The molecule has 0 saturated carbocycles. The maximum Gasteiger partial charge on any atom is 0.272 e. The van der Waals surface area contributed by atoms with Gasteiger partial charge in [-0.2, -0.15) is 0 Å². The monoisotopic (exact) mass is 291 g/mol. The molecule has 2 heterocycles. The summed E-state index contributed by atoms with van der Waals surface area (Å²) >= 11 is 0. The van der Waals surface area contributed by atoms with Crippen molar-refractivity contribution in [2.45, 2.75) is 33.3 Å². The van der Waals surface area contributed by atoms with Gasteiger partial charge in [0.1, 0.15) is 5.69 Å². The topological polar surface area (TPSA) is 56.7 Å². The van der Waals surface area contributed by atoms with Crippen LogP contribution in [0.15, 0.2) is 18.3 Å². The molecule has 1 aromatic heterocycles. The number of β-amino-alcohol motifs (C(OH)–C–C–N with tert-alkyl or cyclic N) is 1. The fraction of sp³-hybridized carbons (Fsp3) is 0.625. The van der Waals surface area contributed by atoms with E-state index in [2.05, 4.69) is 16.8 Å². The van der Waals surface area contributed by atoms with Crippen molar-refractivity contribution in [3.05, 3.63) is 24.0 Å². The van der Waals surface area contributed by atoms with Crippen LogP contribution in [-0.2, 0) is 0 Å². The number of hydrogen-bond acceptors (Lipinski definition) is 4. The van der Waals surface area contributed by atoms with E-state index < -0.39 is 0 Å². The number of amides is 1. The third kappa shape index (κ3) is 3.53. The Morgan fingerprint density at radius 2 is 2.19 bits per heavy atom. The van der Waals surface area contributed by atoms with Gasteiger partial charge in [0.25, 0.3) is 5.91 Å². The lowest BCUT2D eigenvalue weighted by Crippen LogP contribution is -2.43. The minimum absolute atomic E-state index is 0.0345. The third-order valence-electron chi connectivity index (χ3n) is 4.30. The first kappa shape index (κ1) is 15.8. The highest BCUT2D eigenvalue weighted by molar-refractivity contribution is 5.93. The molecule has 5 nitrogen and oxygen atoms in total. The number of carbonyl (C=O) groups excluding carboxylic acids is 1. The highest BCUT2D eigenvalue weighted by Gasteiger charge is 2.25. The minimum atomic E-state index is -0.311. The van der Waals surface area contributed by atoms with Gasteiger partial charge < -0.3 is 14.9 Å². The summed E-state index contributed by atoms with van der Waals surface area (Å²) in [5.41, 5.74) is 1.44. The number of aliphatic hydroxyl groups is 1. The second-order valence-electron chi connectivity index (χ2n) is 5.66. The molecule has 0 radical (unpaired) electrons. The number of anilines is 1. The molecule has 2 atom stereocenters. The molecule has 0 aliphatic carbocycles. The van der Waals surface area contributed by atoms with Crippen molar-refractivity contribution in [2.75, 3.05) is 31.1 Å². The van der Waals surface area contributed by atoms with Crippen LogP contribution in [0.5, 0.6) is 0 Å². The van der Waals surface area contributed by atoms with Gasteiger partial charge in [-0.3, -0.25) is 9.78 Å². The summed E-state index contributed by atoms with van der Waals surface area (Å²) in [6, 6.07) is 3.74. The second kappa shape index (κ2) is 6.89. The van der Waals surface area contributed by atoms with Crippen LogP contribution in [0.1, 0.15) is 37.7 Å². The molecule has 2 rings (SSSR count). The number of pyridine rings is 1. The van der Waals surface area contributed by atoms with Crippen molar-refractivity contribution in [1.82, 2.24) is 9.88 Å². The molecule has 1 aliphatic rings. The van der Waals surface area contributed by atoms with E-state index in [0.717, 1.165) is 18.7 Å². The highest BCUT2D eigenvalue weighted by atomic mass is 16.3. The zero-order valence-corrected chi connectivity index (χ0v) is 13.1. The van der Waals surface area contributed by atoms with Crippen LogP contribution in [-0.4, -0.2) is 53.2 Å². The molecule has 1 amide bonds. The minimum Gasteiger partial charge on any atom is -0.391 e. The van der Waals surface area contributed by atoms with Crippen LogP contribution >= 0.6 is 0 Å².